The van der Waals surface area contributed by atoms with Gasteiger partial charge in [0.1, 0.15) is 0 Å². The molecule has 48 valence electrons. The second kappa shape index (κ2) is 2.34. The van der Waals surface area contributed by atoms with Gasteiger partial charge in [0.25, 0.3) is 0 Å². The fourth-order valence-corrected chi connectivity index (χ4v) is 4.04. The minimum atomic E-state index is 0.260. The van der Waals surface area contributed by atoms with Gasteiger partial charge in [0.2, 0.25) is 0 Å². The first kappa shape index (κ1) is 5.80. The Morgan fingerprint density at radius 1 is 1.22 bits per heavy atom. The molecule has 0 amide bonds. The zero-order valence-electron chi connectivity index (χ0n) is 5.48. The summed E-state index contributed by atoms with van der Waals surface area (Å²) < 4.78 is 1.85. The van der Waals surface area contributed by atoms with Gasteiger partial charge in [0, 0.05) is 0 Å². The van der Waals surface area contributed by atoms with E-state index in [0.29, 0.717) is 0 Å². The number of hydrogen-bond acceptors (Lipinski definition) is 0. The number of rotatable bonds is 0. The third kappa shape index (κ3) is 1.01. The zero-order chi connectivity index (χ0) is 6.10. The van der Waals surface area contributed by atoms with Crippen molar-refractivity contribution < 1.29 is 0 Å². The summed E-state index contributed by atoms with van der Waals surface area (Å²) in [5.41, 5.74) is 1.71. The van der Waals surface area contributed by atoms with Gasteiger partial charge >= 0.3 is 62.3 Å². The fraction of sp³-hybridized carbons (Fsp3) is 0.500. The molecular formula is C8H11As. The van der Waals surface area contributed by atoms with Crippen LogP contribution in [-0.2, 0) is 0 Å². The Kier molecular flexibility index (Phi) is 1.51. The number of allylic oxidation sites excluding steroid dienone is 3. The first-order valence-electron chi connectivity index (χ1n) is 3.62. The Morgan fingerprint density at radius 3 is 3.00 bits per heavy atom. The summed E-state index contributed by atoms with van der Waals surface area (Å²) >= 11 is 0.260. The molecule has 0 spiro atoms. The predicted molar refractivity (Wildman–Crippen MR) is 41.8 cm³/mol. The third-order valence-corrected chi connectivity index (χ3v) is 4.68. The van der Waals surface area contributed by atoms with Gasteiger partial charge in [0.05, 0.1) is 0 Å². The molecule has 1 unspecified atom stereocenters. The van der Waals surface area contributed by atoms with E-state index in [9.17, 15) is 0 Å². The van der Waals surface area contributed by atoms with Crippen molar-refractivity contribution in [3.05, 3.63) is 20.9 Å². The Balaban J connectivity index is 2.24. The van der Waals surface area contributed by atoms with Gasteiger partial charge in [-0.1, -0.05) is 0 Å². The Hall–Kier alpha value is 0.0384. The summed E-state index contributed by atoms with van der Waals surface area (Å²) in [6, 6.07) is 0. The van der Waals surface area contributed by atoms with Crippen molar-refractivity contribution in [3.8, 4) is 0 Å². The minimum absolute atomic E-state index is 0.260. The molecule has 0 nitrogen and oxygen atoms in total. The van der Waals surface area contributed by atoms with Crippen molar-refractivity contribution in [2.75, 3.05) is 0 Å². The average Bonchev–Trinajstić information content (AvgIpc) is 2.33. The molecule has 0 saturated carbocycles. The van der Waals surface area contributed by atoms with Gasteiger partial charge in [-0.2, -0.15) is 0 Å². The molecule has 9 heavy (non-hydrogen) atoms. The van der Waals surface area contributed by atoms with E-state index in [-0.39, 0.29) is 15.8 Å². The maximum atomic E-state index is 2.43. The predicted octanol–water partition coefficient (Wildman–Crippen LogP) is 1.78. The van der Waals surface area contributed by atoms with Crippen LogP contribution in [0.15, 0.2) is 20.9 Å². The molecule has 0 bridgehead atoms. The fourth-order valence-electron chi connectivity index (χ4n) is 1.52. The summed E-state index contributed by atoms with van der Waals surface area (Å²) in [7, 11) is 0. The van der Waals surface area contributed by atoms with Crippen LogP contribution in [0.2, 0.25) is 0 Å². The van der Waals surface area contributed by atoms with Crippen molar-refractivity contribution in [1.29, 1.82) is 0 Å². The molecule has 0 saturated heterocycles. The Labute approximate surface area is 62.7 Å². The molecule has 0 aromatic carbocycles. The second-order valence-corrected chi connectivity index (χ2v) is 5.26. The normalized spacial score (nSPS) is 27.6. The van der Waals surface area contributed by atoms with E-state index >= 15 is 0 Å². The molecule has 0 aromatic rings. The molecule has 0 radical (unpaired) electrons. The molecule has 1 heterocycles. The van der Waals surface area contributed by atoms with E-state index in [1.54, 1.807) is 5.57 Å². The van der Waals surface area contributed by atoms with Crippen molar-refractivity contribution in [2.45, 2.75) is 25.7 Å². The Morgan fingerprint density at radius 2 is 2.11 bits per heavy atom. The van der Waals surface area contributed by atoms with E-state index in [1.807, 2.05) is 4.36 Å². The van der Waals surface area contributed by atoms with Gasteiger partial charge < -0.3 is 0 Å². The summed E-state index contributed by atoms with van der Waals surface area (Å²) in [6.07, 6.45) is 8.09. The Bertz CT molecular complexity index is 177. The van der Waals surface area contributed by atoms with E-state index < -0.39 is 0 Å². The third-order valence-electron chi connectivity index (χ3n) is 2.05. The van der Waals surface area contributed by atoms with Crippen LogP contribution < -0.4 is 0 Å². The molecule has 1 atom stereocenters. The summed E-state index contributed by atoms with van der Waals surface area (Å²) in [4.78, 5) is 2.43. The molecule has 1 aliphatic carbocycles. The topological polar surface area (TPSA) is 0 Å². The maximum absolute atomic E-state index is 2.43. The molecule has 0 fully saturated rings. The van der Waals surface area contributed by atoms with Crippen LogP contribution in [0.25, 0.3) is 0 Å². The van der Waals surface area contributed by atoms with Gasteiger partial charge in [-0.05, 0) is 0 Å². The first-order valence-corrected chi connectivity index (χ1v) is 5.88. The van der Waals surface area contributed by atoms with Crippen LogP contribution in [0, 0.1) is 0 Å². The van der Waals surface area contributed by atoms with Crippen LogP contribution in [0.1, 0.15) is 25.7 Å². The van der Waals surface area contributed by atoms with Gasteiger partial charge in [-0.3, -0.25) is 0 Å². The van der Waals surface area contributed by atoms with Gasteiger partial charge in [-0.25, -0.2) is 0 Å². The summed E-state index contributed by atoms with van der Waals surface area (Å²) in [5, 5.41) is 0. The monoisotopic (exact) mass is 182 g/mol. The number of hydrogen-bond donors (Lipinski definition) is 0. The van der Waals surface area contributed by atoms with Crippen molar-refractivity contribution >= 4 is 15.8 Å². The summed E-state index contributed by atoms with van der Waals surface area (Å²) in [5.74, 6) is 0. The molecule has 1 heteroatoms. The standard InChI is InChI=1S/C8H11As/c1-2-4-8-7(3-1)5-6-9-8/h5-6,9H,1-4H2. The molecule has 0 aromatic heterocycles. The molecule has 0 N–H and O–H groups in total. The zero-order valence-corrected chi connectivity index (χ0v) is 7.58. The SMILES string of the molecule is C1=CC2=C(CCCC2)[AsH]1. The first-order chi connectivity index (χ1) is 4.47. The summed E-state index contributed by atoms with van der Waals surface area (Å²) in [6.45, 7) is 0. The van der Waals surface area contributed by atoms with Crippen molar-refractivity contribution in [2.24, 2.45) is 0 Å². The molecule has 2 aliphatic rings. The van der Waals surface area contributed by atoms with E-state index in [0.717, 1.165) is 0 Å². The average molecular weight is 182 g/mol. The molecule has 2 rings (SSSR count). The molecule has 1 aliphatic heterocycles. The van der Waals surface area contributed by atoms with E-state index in [2.05, 4.69) is 10.9 Å². The van der Waals surface area contributed by atoms with Crippen LogP contribution in [0.4, 0.5) is 0 Å². The second-order valence-electron chi connectivity index (χ2n) is 2.69. The molecular weight excluding hydrogens is 171 g/mol. The van der Waals surface area contributed by atoms with Crippen LogP contribution >= 0.6 is 0 Å². The van der Waals surface area contributed by atoms with Crippen molar-refractivity contribution in [3.63, 3.8) is 0 Å². The quantitative estimate of drug-likeness (QED) is 0.501. The van der Waals surface area contributed by atoms with Crippen LogP contribution in [0.3, 0.4) is 0 Å². The van der Waals surface area contributed by atoms with Crippen LogP contribution in [-0.4, -0.2) is 15.8 Å². The van der Waals surface area contributed by atoms with E-state index in [1.165, 1.54) is 25.7 Å². The van der Waals surface area contributed by atoms with Crippen LogP contribution in [0.5, 0.6) is 0 Å². The van der Waals surface area contributed by atoms with Gasteiger partial charge in [-0.15, -0.1) is 0 Å². The van der Waals surface area contributed by atoms with E-state index in [4.69, 9.17) is 0 Å². The van der Waals surface area contributed by atoms with Crippen molar-refractivity contribution in [1.82, 2.24) is 0 Å². The van der Waals surface area contributed by atoms with Gasteiger partial charge in [0.15, 0.2) is 0 Å².